The van der Waals surface area contributed by atoms with E-state index >= 15 is 0 Å². The lowest BCUT2D eigenvalue weighted by Crippen LogP contribution is -2.42. The molecule has 0 radical (unpaired) electrons. The van der Waals surface area contributed by atoms with Crippen molar-refractivity contribution >= 4 is 17.1 Å². The van der Waals surface area contributed by atoms with E-state index in [2.05, 4.69) is 0 Å². The summed E-state index contributed by atoms with van der Waals surface area (Å²) < 4.78 is 0. The third kappa shape index (κ3) is 2.85. The van der Waals surface area contributed by atoms with Gasteiger partial charge >= 0.3 is 0 Å². The second kappa shape index (κ2) is 5.04. The van der Waals surface area contributed by atoms with Gasteiger partial charge in [-0.15, -0.1) is 0 Å². The number of non-ortho nitro benzene ring substituents is 1. The molecule has 0 unspecified atom stereocenters. The van der Waals surface area contributed by atoms with Crippen LogP contribution in [0.25, 0.3) is 0 Å². The lowest BCUT2D eigenvalue weighted by molar-refractivity contribution is -0.393. The van der Waals surface area contributed by atoms with Crippen molar-refractivity contribution in [2.24, 2.45) is 0 Å². The fraction of sp³-hybridized carbons (Fsp3) is 0.500. The van der Waals surface area contributed by atoms with Crippen LogP contribution in [0.4, 0.5) is 17.1 Å². The Labute approximate surface area is 114 Å². The molecule has 0 aromatic heterocycles. The van der Waals surface area contributed by atoms with E-state index in [0.717, 1.165) is 6.07 Å². The molecule has 1 aromatic rings. The van der Waals surface area contributed by atoms with Gasteiger partial charge in [0.1, 0.15) is 5.69 Å². The quantitative estimate of drug-likeness (QED) is 0.668. The topological polar surface area (TPSA) is 110 Å². The van der Waals surface area contributed by atoms with Gasteiger partial charge < -0.3 is 10.0 Å². The van der Waals surface area contributed by atoms with E-state index in [9.17, 15) is 25.3 Å². The molecule has 1 aliphatic rings. The van der Waals surface area contributed by atoms with E-state index in [1.807, 2.05) is 0 Å². The molecule has 0 saturated carbocycles. The predicted octanol–water partition coefficient (Wildman–Crippen LogP) is 1.85. The molecular formula is C12H15N3O5. The predicted molar refractivity (Wildman–Crippen MR) is 71.8 cm³/mol. The van der Waals surface area contributed by atoms with Crippen LogP contribution < -0.4 is 4.90 Å². The van der Waals surface area contributed by atoms with E-state index in [0.29, 0.717) is 31.6 Å². The number of hydrogen-bond acceptors (Lipinski definition) is 6. The largest absolute Gasteiger partial charge is 0.390 e. The number of hydrogen-bond donors (Lipinski definition) is 1. The first-order valence-electron chi connectivity index (χ1n) is 6.20. The highest BCUT2D eigenvalue weighted by atomic mass is 16.6. The van der Waals surface area contributed by atoms with Gasteiger partial charge in [-0.05, 0) is 25.8 Å². The third-order valence-corrected chi connectivity index (χ3v) is 3.55. The van der Waals surface area contributed by atoms with Gasteiger partial charge in [-0.2, -0.15) is 0 Å². The third-order valence-electron chi connectivity index (χ3n) is 3.55. The van der Waals surface area contributed by atoms with Crippen LogP contribution in [0.3, 0.4) is 0 Å². The van der Waals surface area contributed by atoms with Crippen molar-refractivity contribution in [3.63, 3.8) is 0 Å². The van der Waals surface area contributed by atoms with E-state index in [-0.39, 0.29) is 11.4 Å². The molecule has 1 saturated heterocycles. The van der Waals surface area contributed by atoms with Gasteiger partial charge in [-0.25, -0.2) is 0 Å². The highest BCUT2D eigenvalue weighted by molar-refractivity contribution is 5.67. The van der Waals surface area contributed by atoms with Crippen molar-refractivity contribution < 1.29 is 15.0 Å². The minimum absolute atomic E-state index is 0.277. The monoisotopic (exact) mass is 281 g/mol. The molecule has 0 bridgehead atoms. The van der Waals surface area contributed by atoms with Gasteiger partial charge in [0.25, 0.3) is 11.4 Å². The Morgan fingerprint density at radius 1 is 1.20 bits per heavy atom. The summed E-state index contributed by atoms with van der Waals surface area (Å²) in [4.78, 5) is 22.3. The molecule has 0 amide bonds. The molecule has 8 nitrogen and oxygen atoms in total. The number of anilines is 1. The van der Waals surface area contributed by atoms with Crippen molar-refractivity contribution in [3.8, 4) is 0 Å². The fourth-order valence-corrected chi connectivity index (χ4v) is 2.27. The maximum Gasteiger partial charge on any atom is 0.299 e. The summed E-state index contributed by atoms with van der Waals surface area (Å²) in [6.45, 7) is 2.69. The molecule has 1 fully saturated rings. The number of nitro groups is 2. The molecule has 2 rings (SSSR count). The van der Waals surface area contributed by atoms with Crippen LogP contribution in [-0.2, 0) is 0 Å². The fourth-order valence-electron chi connectivity index (χ4n) is 2.27. The van der Waals surface area contributed by atoms with E-state index in [1.54, 1.807) is 11.8 Å². The summed E-state index contributed by atoms with van der Waals surface area (Å²) in [5, 5.41) is 31.6. The van der Waals surface area contributed by atoms with E-state index in [4.69, 9.17) is 0 Å². The average Bonchev–Trinajstić information content (AvgIpc) is 2.38. The molecule has 108 valence electrons. The molecule has 0 aliphatic carbocycles. The average molecular weight is 281 g/mol. The van der Waals surface area contributed by atoms with Crippen molar-refractivity contribution in [2.45, 2.75) is 25.4 Å². The van der Waals surface area contributed by atoms with Crippen molar-refractivity contribution in [2.75, 3.05) is 18.0 Å². The standard InChI is InChI=1S/C12H15N3O5/c1-12(16)4-6-13(7-5-12)10-3-2-9(14(17)18)8-11(10)15(19)20/h2-3,8,16H,4-7H2,1H3. The van der Waals surface area contributed by atoms with Gasteiger partial charge in [0.05, 0.1) is 21.5 Å². The maximum absolute atomic E-state index is 11.1. The SMILES string of the molecule is CC1(O)CCN(c2ccc([N+](=O)[O-])cc2[N+](=O)[O-])CC1. The number of piperidine rings is 1. The zero-order chi connectivity index (χ0) is 14.9. The minimum Gasteiger partial charge on any atom is -0.390 e. The number of benzene rings is 1. The molecule has 1 aliphatic heterocycles. The molecule has 0 spiro atoms. The zero-order valence-corrected chi connectivity index (χ0v) is 11.0. The summed E-state index contributed by atoms with van der Waals surface area (Å²) in [5.74, 6) is 0. The molecule has 20 heavy (non-hydrogen) atoms. The van der Waals surface area contributed by atoms with Crippen LogP contribution in [0.2, 0.25) is 0 Å². The van der Waals surface area contributed by atoms with Crippen LogP contribution in [0.15, 0.2) is 18.2 Å². The Morgan fingerprint density at radius 3 is 2.30 bits per heavy atom. The molecule has 1 aromatic carbocycles. The molecular weight excluding hydrogens is 266 g/mol. The minimum atomic E-state index is -0.758. The van der Waals surface area contributed by atoms with Crippen molar-refractivity contribution in [3.05, 3.63) is 38.4 Å². The van der Waals surface area contributed by atoms with Crippen LogP contribution >= 0.6 is 0 Å². The molecule has 1 N–H and O–H groups in total. The number of nitrogens with zero attached hydrogens (tertiary/aromatic N) is 3. The summed E-state index contributed by atoms with van der Waals surface area (Å²) in [6, 6.07) is 3.63. The lowest BCUT2D eigenvalue weighted by atomic mass is 9.93. The number of rotatable bonds is 3. The highest BCUT2D eigenvalue weighted by Gasteiger charge is 2.31. The second-order valence-electron chi connectivity index (χ2n) is 5.17. The summed E-state index contributed by atoms with van der Waals surface area (Å²) in [7, 11) is 0. The van der Waals surface area contributed by atoms with Crippen LogP contribution in [0, 0.1) is 20.2 Å². The molecule has 1 heterocycles. The maximum atomic E-state index is 11.1. The summed E-state index contributed by atoms with van der Waals surface area (Å²) >= 11 is 0. The summed E-state index contributed by atoms with van der Waals surface area (Å²) in [5.41, 5.74) is -0.979. The second-order valence-corrected chi connectivity index (χ2v) is 5.17. The Hall–Kier alpha value is -2.22. The smallest absolute Gasteiger partial charge is 0.299 e. The number of aliphatic hydroxyl groups is 1. The van der Waals surface area contributed by atoms with Gasteiger partial charge in [0.2, 0.25) is 0 Å². The van der Waals surface area contributed by atoms with Crippen LogP contribution in [-0.4, -0.2) is 33.6 Å². The summed E-state index contributed by atoms with van der Waals surface area (Å²) in [6.07, 6.45) is 1.00. The van der Waals surface area contributed by atoms with Gasteiger partial charge in [0, 0.05) is 19.2 Å². The van der Waals surface area contributed by atoms with Crippen molar-refractivity contribution in [1.29, 1.82) is 0 Å². The Balaban J connectivity index is 2.32. The Bertz CT molecular complexity index is 548. The van der Waals surface area contributed by atoms with Crippen LogP contribution in [0.5, 0.6) is 0 Å². The van der Waals surface area contributed by atoms with Crippen LogP contribution in [0.1, 0.15) is 19.8 Å². The Morgan fingerprint density at radius 2 is 1.80 bits per heavy atom. The lowest BCUT2D eigenvalue weighted by Gasteiger charge is -2.36. The number of nitro benzene ring substituents is 2. The first-order valence-corrected chi connectivity index (χ1v) is 6.20. The molecule has 0 atom stereocenters. The first-order chi connectivity index (χ1) is 9.30. The Kier molecular flexibility index (Phi) is 3.58. The van der Waals surface area contributed by atoms with Gasteiger partial charge in [0.15, 0.2) is 0 Å². The highest BCUT2D eigenvalue weighted by Crippen LogP contribution is 2.34. The zero-order valence-electron chi connectivity index (χ0n) is 11.0. The molecule has 8 heteroatoms. The first kappa shape index (κ1) is 14.2. The normalized spacial score (nSPS) is 17.8. The van der Waals surface area contributed by atoms with E-state index in [1.165, 1.54) is 12.1 Å². The van der Waals surface area contributed by atoms with E-state index < -0.39 is 15.4 Å². The van der Waals surface area contributed by atoms with Crippen molar-refractivity contribution in [1.82, 2.24) is 0 Å². The van der Waals surface area contributed by atoms with Gasteiger partial charge in [-0.1, -0.05) is 0 Å². The van der Waals surface area contributed by atoms with Gasteiger partial charge in [-0.3, -0.25) is 20.2 Å².